The fraction of sp³-hybridized carbons (Fsp3) is 0.120. The summed E-state index contributed by atoms with van der Waals surface area (Å²) >= 11 is 4.77. The molecule has 2 aromatic carbocycles. The number of aromatic nitrogens is 3. The van der Waals surface area contributed by atoms with Crippen molar-refractivity contribution in [2.45, 2.75) is 13.0 Å². The lowest BCUT2D eigenvalue weighted by Gasteiger charge is -2.25. The van der Waals surface area contributed by atoms with Gasteiger partial charge in [0, 0.05) is 29.0 Å². The molecular formula is C25H20BrN5O2S. The molecule has 1 aliphatic heterocycles. The Morgan fingerprint density at radius 3 is 2.56 bits per heavy atom. The Labute approximate surface area is 207 Å². The Kier molecular flexibility index (Phi) is 5.89. The molecule has 7 nitrogen and oxygen atoms in total. The van der Waals surface area contributed by atoms with Crippen LogP contribution < -0.4 is 20.2 Å². The summed E-state index contributed by atoms with van der Waals surface area (Å²) in [6.45, 7) is 1.81. The summed E-state index contributed by atoms with van der Waals surface area (Å²) in [5.74, 6) is -0.290. The van der Waals surface area contributed by atoms with Crippen molar-refractivity contribution in [1.29, 1.82) is 0 Å². The first-order valence-corrected chi connectivity index (χ1v) is 12.1. The van der Waals surface area contributed by atoms with Gasteiger partial charge < -0.3 is 5.32 Å². The van der Waals surface area contributed by atoms with Crippen LogP contribution in [0.2, 0.25) is 0 Å². The third kappa shape index (κ3) is 4.20. The number of nitrogens with one attached hydrogen (secondary N) is 1. The second-order valence-corrected chi connectivity index (χ2v) is 9.83. The van der Waals surface area contributed by atoms with Gasteiger partial charge in [0.05, 0.1) is 28.0 Å². The predicted octanol–water partition coefficient (Wildman–Crippen LogP) is 3.37. The monoisotopic (exact) mass is 533 g/mol. The van der Waals surface area contributed by atoms with E-state index < -0.39 is 6.04 Å². The summed E-state index contributed by atoms with van der Waals surface area (Å²) in [6, 6.07) is 16.3. The van der Waals surface area contributed by atoms with E-state index in [1.54, 1.807) is 21.5 Å². The Morgan fingerprint density at radius 2 is 1.88 bits per heavy atom. The lowest BCUT2D eigenvalue weighted by atomic mass is 9.95. The molecule has 0 fully saturated rings. The highest BCUT2D eigenvalue weighted by Crippen LogP contribution is 2.31. The van der Waals surface area contributed by atoms with E-state index in [1.165, 1.54) is 11.3 Å². The topological polar surface area (TPSA) is 81.3 Å². The van der Waals surface area contributed by atoms with Crippen molar-refractivity contribution in [1.82, 2.24) is 14.3 Å². The van der Waals surface area contributed by atoms with Crippen molar-refractivity contribution >= 4 is 44.9 Å². The molecule has 170 valence electrons. The number of hydrogen-bond acceptors (Lipinski definition) is 5. The number of thiazole rings is 1. The zero-order chi connectivity index (χ0) is 23.8. The number of fused-ring (bicyclic) bond motifs is 1. The van der Waals surface area contributed by atoms with Crippen molar-refractivity contribution in [3.05, 3.63) is 114 Å². The van der Waals surface area contributed by atoms with E-state index in [0.717, 1.165) is 15.6 Å². The van der Waals surface area contributed by atoms with E-state index in [2.05, 4.69) is 31.3 Å². The van der Waals surface area contributed by atoms with Crippen molar-refractivity contribution < 1.29 is 4.79 Å². The number of benzene rings is 2. The summed E-state index contributed by atoms with van der Waals surface area (Å²) in [5, 5.41) is 7.13. The van der Waals surface area contributed by atoms with Gasteiger partial charge in [-0.2, -0.15) is 5.10 Å². The molecule has 4 aromatic rings. The van der Waals surface area contributed by atoms with Gasteiger partial charge >= 0.3 is 0 Å². The molecule has 1 atom stereocenters. The summed E-state index contributed by atoms with van der Waals surface area (Å²) in [6.07, 6.45) is 5.35. The average Bonchev–Trinajstić information content (AvgIpc) is 3.36. The Morgan fingerprint density at radius 1 is 1.15 bits per heavy atom. The van der Waals surface area contributed by atoms with Crippen molar-refractivity contribution in [2.24, 2.45) is 12.0 Å². The first kappa shape index (κ1) is 22.2. The van der Waals surface area contributed by atoms with E-state index in [9.17, 15) is 9.59 Å². The van der Waals surface area contributed by atoms with Gasteiger partial charge in [-0.25, -0.2) is 4.99 Å². The highest BCUT2D eigenvalue weighted by atomic mass is 79.9. The van der Waals surface area contributed by atoms with Crippen LogP contribution in [0.15, 0.2) is 92.5 Å². The van der Waals surface area contributed by atoms with E-state index in [0.29, 0.717) is 26.3 Å². The molecular weight excluding hydrogens is 514 g/mol. The van der Waals surface area contributed by atoms with Crippen LogP contribution >= 0.6 is 27.3 Å². The van der Waals surface area contributed by atoms with Gasteiger partial charge in [0.15, 0.2) is 4.80 Å². The molecule has 1 amide bonds. The first-order chi connectivity index (χ1) is 16.4. The van der Waals surface area contributed by atoms with Gasteiger partial charge in [-0.05, 0) is 42.8 Å². The molecule has 1 N–H and O–H groups in total. The van der Waals surface area contributed by atoms with Crippen LogP contribution in [0.1, 0.15) is 24.1 Å². The molecule has 1 unspecified atom stereocenters. The summed E-state index contributed by atoms with van der Waals surface area (Å²) in [4.78, 5) is 32.3. The number of rotatable bonds is 4. The molecule has 0 radical (unpaired) electrons. The maximum absolute atomic E-state index is 13.6. The summed E-state index contributed by atoms with van der Waals surface area (Å²) < 4.78 is 4.75. The number of carbonyl (C=O) groups is 1. The Bertz CT molecular complexity index is 1600. The highest BCUT2D eigenvalue weighted by molar-refractivity contribution is 9.10. The minimum Gasteiger partial charge on any atom is -0.322 e. The van der Waals surface area contributed by atoms with Gasteiger partial charge in [0.25, 0.3) is 11.5 Å². The number of halogens is 1. The zero-order valence-corrected chi connectivity index (χ0v) is 20.8. The third-order valence-electron chi connectivity index (χ3n) is 5.51. The molecule has 0 spiro atoms. The lowest BCUT2D eigenvalue weighted by Crippen LogP contribution is -2.40. The Balaban J connectivity index is 1.68. The lowest BCUT2D eigenvalue weighted by molar-refractivity contribution is -0.113. The van der Waals surface area contributed by atoms with E-state index >= 15 is 0 Å². The molecule has 1 aliphatic rings. The minimum absolute atomic E-state index is 0.196. The maximum atomic E-state index is 13.6. The normalized spacial score (nSPS) is 15.7. The number of nitrogens with zero attached hydrogens (tertiary/aromatic N) is 4. The molecule has 34 heavy (non-hydrogen) atoms. The number of hydrogen-bond donors (Lipinski definition) is 1. The van der Waals surface area contributed by atoms with Crippen molar-refractivity contribution in [3.63, 3.8) is 0 Å². The average molecular weight is 534 g/mol. The number of anilines is 1. The summed E-state index contributed by atoms with van der Waals surface area (Å²) in [5.41, 5.74) is 3.15. The zero-order valence-electron chi connectivity index (χ0n) is 18.4. The number of aryl methyl sites for hydroxylation is 1. The van der Waals surface area contributed by atoms with E-state index in [-0.39, 0.29) is 11.5 Å². The van der Waals surface area contributed by atoms with Crippen molar-refractivity contribution in [3.8, 4) is 0 Å². The number of amides is 1. The van der Waals surface area contributed by atoms with Gasteiger partial charge in [-0.3, -0.25) is 18.8 Å². The van der Waals surface area contributed by atoms with Gasteiger partial charge in [0.2, 0.25) is 0 Å². The standard InChI is InChI=1S/C25H20BrN5O2S/c1-15-21(23(32)29-19-6-4-3-5-7-19)22(17-8-10-18(26)11-9-17)31-24(33)20(34-25(31)28-15)12-16-13-27-30(2)14-16/h3-14,22H,1-2H3,(H,29,32). The molecule has 0 aliphatic carbocycles. The number of carbonyl (C=O) groups excluding carboxylic acids is 1. The van der Waals surface area contributed by atoms with E-state index in [1.807, 2.05) is 74.8 Å². The van der Waals surface area contributed by atoms with Crippen LogP contribution in [-0.2, 0) is 11.8 Å². The second kappa shape index (κ2) is 9.00. The van der Waals surface area contributed by atoms with Crippen LogP contribution in [0, 0.1) is 0 Å². The van der Waals surface area contributed by atoms with Gasteiger partial charge in [0.1, 0.15) is 0 Å². The van der Waals surface area contributed by atoms with Gasteiger partial charge in [-0.1, -0.05) is 57.6 Å². The summed E-state index contributed by atoms with van der Waals surface area (Å²) in [7, 11) is 1.83. The minimum atomic E-state index is -0.607. The van der Waals surface area contributed by atoms with Crippen LogP contribution in [0.4, 0.5) is 5.69 Å². The molecule has 0 bridgehead atoms. The molecule has 2 aromatic heterocycles. The highest BCUT2D eigenvalue weighted by Gasteiger charge is 2.32. The molecule has 3 heterocycles. The van der Waals surface area contributed by atoms with Crippen LogP contribution in [0.25, 0.3) is 6.08 Å². The number of allylic oxidation sites excluding steroid dienone is 1. The van der Waals surface area contributed by atoms with Crippen LogP contribution in [0.3, 0.4) is 0 Å². The van der Waals surface area contributed by atoms with Crippen LogP contribution in [0.5, 0.6) is 0 Å². The largest absolute Gasteiger partial charge is 0.322 e. The van der Waals surface area contributed by atoms with E-state index in [4.69, 9.17) is 0 Å². The van der Waals surface area contributed by atoms with Crippen LogP contribution in [-0.4, -0.2) is 20.3 Å². The maximum Gasteiger partial charge on any atom is 0.271 e. The second-order valence-electron chi connectivity index (χ2n) is 7.90. The number of para-hydroxylation sites is 1. The molecule has 9 heteroatoms. The molecule has 5 rings (SSSR count). The fourth-order valence-electron chi connectivity index (χ4n) is 3.96. The molecule has 0 saturated carbocycles. The smallest absolute Gasteiger partial charge is 0.271 e. The van der Waals surface area contributed by atoms with Crippen molar-refractivity contribution in [2.75, 3.05) is 5.32 Å². The fourth-order valence-corrected chi connectivity index (χ4v) is 5.27. The SMILES string of the molecule is CC1=C(C(=O)Nc2ccccc2)C(c2ccc(Br)cc2)n2c(sc(=Cc3cnn(C)c3)c2=O)=N1. The van der Waals surface area contributed by atoms with Gasteiger partial charge in [-0.15, -0.1) is 0 Å². The Hall–Kier alpha value is -3.56. The quantitative estimate of drug-likeness (QED) is 0.436. The predicted molar refractivity (Wildman–Crippen MR) is 136 cm³/mol. The molecule has 0 saturated heterocycles. The first-order valence-electron chi connectivity index (χ1n) is 10.5. The third-order valence-corrected chi connectivity index (χ3v) is 7.02.